The molecule has 0 radical (unpaired) electrons. The lowest BCUT2D eigenvalue weighted by Crippen LogP contribution is -2.31. The lowest BCUT2D eigenvalue weighted by molar-refractivity contribution is 0.1000. The van der Waals surface area contributed by atoms with Crippen molar-refractivity contribution in [1.82, 2.24) is 9.88 Å². The molecule has 1 unspecified atom stereocenters. The van der Waals surface area contributed by atoms with Gasteiger partial charge in [0, 0.05) is 52.7 Å². The average molecular weight is 469 g/mol. The number of carbonyl (C=O) groups is 1. The van der Waals surface area contributed by atoms with Crippen LogP contribution >= 0.6 is 0 Å². The highest BCUT2D eigenvalue weighted by molar-refractivity contribution is 5.94. The Hall–Kier alpha value is -4.52. The van der Waals surface area contributed by atoms with Crippen LogP contribution in [0.2, 0.25) is 0 Å². The molecule has 4 aromatic rings. The monoisotopic (exact) mass is 468 g/mol. The van der Waals surface area contributed by atoms with Crippen molar-refractivity contribution in [3.8, 4) is 33.8 Å². The molecule has 0 spiro atoms. The predicted octanol–water partition coefficient (Wildman–Crippen LogP) is 5.29. The molecule has 0 bridgehead atoms. The van der Waals surface area contributed by atoms with Crippen LogP contribution in [0.4, 0.5) is 10.1 Å². The van der Waals surface area contributed by atoms with Gasteiger partial charge in [-0.25, -0.2) is 4.39 Å². The number of rotatable bonds is 5. The van der Waals surface area contributed by atoms with E-state index < -0.39 is 17.5 Å². The molecule has 1 atom stereocenters. The number of aryl methyl sites for hydroxylation is 1. The van der Waals surface area contributed by atoms with Crippen LogP contribution in [0.1, 0.15) is 22.8 Å². The second-order valence-corrected chi connectivity index (χ2v) is 8.59. The standard InChI is InChI=1S/C28H25FN4O2/c1-17-15-20(28(30)35)5-9-23(17)27-24(11-13-33(27)22-8-10-26(34)25(29)16-22)19-3-6-21(7-4-19)32-14-12-31-18(32)2/h3-16,18,31,34H,1-2H3,(H2,30,35). The number of nitrogens with one attached hydrogen (secondary N) is 1. The van der Waals surface area contributed by atoms with Crippen LogP contribution in [-0.2, 0) is 0 Å². The zero-order chi connectivity index (χ0) is 24.7. The second-order valence-electron chi connectivity index (χ2n) is 8.59. The zero-order valence-electron chi connectivity index (χ0n) is 19.4. The minimum atomic E-state index is -0.699. The Morgan fingerprint density at radius 1 is 1.00 bits per heavy atom. The van der Waals surface area contributed by atoms with Gasteiger partial charge in [0.2, 0.25) is 5.91 Å². The molecule has 4 N–H and O–H groups in total. The average Bonchev–Trinajstić information content (AvgIpc) is 3.47. The molecular formula is C28H25FN4O2. The first-order valence-corrected chi connectivity index (χ1v) is 11.3. The van der Waals surface area contributed by atoms with Crippen LogP contribution in [0.5, 0.6) is 5.75 Å². The summed E-state index contributed by atoms with van der Waals surface area (Å²) in [6.07, 6.45) is 5.98. The summed E-state index contributed by atoms with van der Waals surface area (Å²) in [6, 6.07) is 19.8. The number of halogens is 1. The van der Waals surface area contributed by atoms with Gasteiger partial charge in [-0.05, 0) is 67.4 Å². The maximum absolute atomic E-state index is 14.2. The molecule has 6 nitrogen and oxygen atoms in total. The number of hydrogen-bond donors (Lipinski definition) is 3. The molecular weight excluding hydrogens is 443 g/mol. The van der Waals surface area contributed by atoms with E-state index in [9.17, 15) is 14.3 Å². The van der Waals surface area contributed by atoms with E-state index in [1.165, 1.54) is 12.1 Å². The molecule has 1 aliphatic heterocycles. The SMILES string of the molecule is Cc1cc(C(N)=O)ccc1-c1c(-c2ccc(N3C=CNC3C)cc2)ccn1-c1ccc(O)c(F)c1. The molecule has 0 saturated heterocycles. The number of phenols is 1. The van der Waals surface area contributed by atoms with Crippen LogP contribution < -0.4 is 16.0 Å². The largest absolute Gasteiger partial charge is 0.505 e. The van der Waals surface area contributed by atoms with Gasteiger partial charge in [-0.3, -0.25) is 4.79 Å². The fourth-order valence-electron chi connectivity index (χ4n) is 4.48. The van der Waals surface area contributed by atoms with Gasteiger partial charge in [0.1, 0.15) is 0 Å². The smallest absolute Gasteiger partial charge is 0.248 e. The summed E-state index contributed by atoms with van der Waals surface area (Å²) < 4.78 is 16.1. The highest BCUT2D eigenvalue weighted by Gasteiger charge is 2.19. The van der Waals surface area contributed by atoms with Crippen molar-refractivity contribution >= 4 is 11.6 Å². The molecule has 35 heavy (non-hydrogen) atoms. The minimum absolute atomic E-state index is 0.174. The fourth-order valence-corrected chi connectivity index (χ4v) is 4.48. The Morgan fingerprint density at radius 3 is 2.37 bits per heavy atom. The van der Waals surface area contributed by atoms with E-state index in [0.717, 1.165) is 33.6 Å². The molecule has 2 heterocycles. The van der Waals surface area contributed by atoms with Crippen LogP contribution in [0, 0.1) is 12.7 Å². The van der Waals surface area contributed by atoms with E-state index >= 15 is 0 Å². The highest BCUT2D eigenvalue weighted by Crippen LogP contribution is 2.38. The summed E-state index contributed by atoms with van der Waals surface area (Å²) in [6.45, 7) is 4.00. The number of phenolic OH excluding ortho intramolecular Hbond substituents is 1. The predicted molar refractivity (Wildman–Crippen MR) is 136 cm³/mol. The molecule has 0 fully saturated rings. The Labute approximate surface area is 202 Å². The lowest BCUT2D eigenvalue weighted by Gasteiger charge is -2.22. The van der Waals surface area contributed by atoms with Crippen molar-refractivity contribution in [3.63, 3.8) is 0 Å². The Morgan fingerprint density at radius 2 is 1.74 bits per heavy atom. The van der Waals surface area contributed by atoms with Crippen LogP contribution in [-0.4, -0.2) is 21.7 Å². The third kappa shape index (κ3) is 4.01. The molecule has 3 aromatic carbocycles. The van der Waals surface area contributed by atoms with Gasteiger partial charge in [0.05, 0.1) is 11.9 Å². The van der Waals surface area contributed by atoms with Gasteiger partial charge in [0.25, 0.3) is 0 Å². The summed E-state index contributed by atoms with van der Waals surface area (Å²) in [5, 5.41) is 12.9. The summed E-state index contributed by atoms with van der Waals surface area (Å²) in [7, 11) is 0. The molecule has 0 aliphatic carbocycles. The first-order valence-electron chi connectivity index (χ1n) is 11.3. The number of hydrogen-bond acceptors (Lipinski definition) is 4. The van der Waals surface area contributed by atoms with Gasteiger partial charge in [0.15, 0.2) is 11.6 Å². The van der Waals surface area contributed by atoms with Gasteiger partial charge in [-0.1, -0.05) is 18.2 Å². The minimum Gasteiger partial charge on any atom is -0.505 e. The van der Waals surface area contributed by atoms with Gasteiger partial charge in [-0.2, -0.15) is 0 Å². The highest BCUT2D eigenvalue weighted by atomic mass is 19.1. The molecule has 0 saturated carbocycles. The maximum atomic E-state index is 14.2. The summed E-state index contributed by atoms with van der Waals surface area (Å²) >= 11 is 0. The van der Waals surface area contributed by atoms with E-state index in [4.69, 9.17) is 5.73 Å². The van der Waals surface area contributed by atoms with Crippen molar-refractivity contribution in [2.24, 2.45) is 5.73 Å². The van der Waals surface area contributed by atoms with E-state index in [2.05, 4.69) is 41.4 Å². The quantitative estimate of drug-likeness (QED) is 0.372. The Balaban J connectivity index is 1.66. The number of benzene rings is 3. The van der Waals surface area contributed by atoms with Crippen LogP contribution in [0.25, 0.3) is 28.1 Å². The van der Waals surface area contributed by atoms with E-state index in [1.54, 1.807) is 18.2 Å². The summed E-state index contributed by atoms with van der Waals surface area (Å²) in [5.74, 6) is -1.60. The molecule has 5 rings (SSSR count). The first-order chi connectivity index (χ1) is 16.8. The van der Waals surface area contributed by atoms with Gasteiger partial charge in [-0.15, -0.1) is 0 Å². The Bertz CT molecular complexity index is 1460. The van der Waals surface area contributed by atoms with Gasteiger partial charge < -0.3 is 25.6 Å². The van der Waals surface area contributed by atoms with Crippen molar-refractivity contribution in [2.45, 2.75) is 20.0 Å². The number of aromatic hydroxyl groups is 1. The molecule has 7 heteroatoms. The molecule has 1 amide bonds. The number of primary amides is 1. The van der Waals surface area contributed by atoms with Gasteiger partial charge >= 0.3 is 0 Å². The number of carbonyl (C=O) groups excluding carboxylic acids is 1. The van der Waals surface area contributed by atoms with Crippen molar-refractivity contribution in [2.75, 3.05) is 4.90 Å². The Kier molecular flexibility index (Phi) is 5.53. The normalized spacial score (nSPS) is 14.8. The number of aromatic nitrogens is 1. The number of amides is 1. The maximum Gasteiger partial charge on any atom is 0.248 e. The topological polar surface area (TPSA) is 83.5 Å². The van der Waals surface area contributed by atoms with E-state index in [-0.39, 0.29) is 6.17 Å². The molecule has 176 valence electrons. The molecule has 1 aliphatic rings. The summed E-state index contributed by atoms with van der Waals surface area (Å²) in [5.41, 5.74) is 12.1. The molecule has 1 aromatic heterocycles. The lowest BCUT2D eigenvalue weighted by atomic mass is 9.96. The van der Waals surface area contributed by atoms with E-state index in [0.29, 0.717) is 11.3 Å². The van der Waals surface area contributed by atoms with Crippen LogP contribution in [0.15, 0.2) is 85.3 Å². The number of nitrogens with zero attached hydrogens (tertiary/aromatic N) is 2. The van der Waals surface area contributed by atoms with Crippen molar-refractivity contribution < 1.29 is 14.3 Å². The van der Waals surface area contributed by atoms with E-state index in [1.807, 2.05) is 42.2 Å². The third-order valence-corrected chi connectivity index (χ3v) is 6.33. The van der Waals surface area contributed by atoms with Crippen molar-refractivity contribution in [3.05, 3.63) is 102 Å². The number of anilines is 1. The second kappa shape index (κ2) is 8.68. The number of nitrogens with two attached hydrogens (primary N) is 1. The first kappa shape index (κ1) is 22.3. The third-order valence-electron chi connectivity index (χ3n) is 6.33. The van der Waals surface area contributed by atoms with Crippen LogP contribution in [0.3, 0.4) is 0 Å². The van der Waals surface area contributed by atoms with Crippen molar-refractivity contribution in [1.29, 1.82) is 0 Å². The fraction of sp³-hybridized carbons (Fsp3) is 0.107. The summed E-state index contributed by atoms with van der Waals surface area (Å²) in [4.78, 5) is 13.8. The zero-order valence-corrected chi connectivity index (χ0v) is 19.4.